The molecule has 6 unspecified atom stereocenters. The third-order valence-electron chi connectivity index (χ3n) is 10.3. The van der Waals surface area contributed by atoms with E-state index in [1.807, 2.05) is 0 Å². The molecule has 6 atom stereocenters. The van der Waals surface area contributed by atoms with Crippen LogP contribution >= 0.6 is 0 Å². The van der Waals surface area contributed by atoms with E-state index in [-0.39, 0.29) is 32.0 Å². The first-order chi connectivity index (χ1) is 26.8. The Balaban J connectivity index is 2.31. The number of ether oxygens (including phenoxy) is 4. The minimum atomic E-state index is -1.59. The van der Waals surface area contributed by atoms with Crippen LogP contribution in [0.5, 0.6) is 0 Å². The molecule has 0 saturated carbocycles. The van der Waals surface area contributed by atoms with Crippen molar-refractivity contribution >= 4 is 11.9 Å². The highest BCUT2D eigenvalue weighted by atomic mass is 16.7. The van der Waals surface area contributed by atoms with Gasteiger partial charge in [-0.3, -0.25) is 9.59 Å². The van der Waals surface area contributed by atoms with Gasteiger partial charge in [0.1, 0.15) is 31.0 Å². The van der Waals surface area contributed by atoms with E-state index >= 15 is 0 Å². The number of hydrogen-bond acceptors (Lipinski definition) is 10. The van der Waals surface area contributed by atoms with Crippen molar-refractivity contribution in [3.63, 3.8) is 0 Å². The maximum Gasteiger partial charge on any atom is 0.306 e. The molecule has 4 N–H and O–H groups in total. The predicted octanol–water partition coefficient (Wildman–Crippen LogP) is 9.33. The zero-order chi connectivity index (χ0) is 40.2. The number of rotatable bonds is 37. The maximum absolute atomic E-state index is 12.8. The number of esters is 2. The van der Waals surface area contributed by atoms with E-state index < -0.39 is 49.4 Å². The predicted molar refractivity (Wildman–Crippen MR) is 219 cm³/mol. The van der Waals surface area contributed by atoms with E-state index in [0.29, 0.717) is 12.8 Å². The number of carbonyl (C=O) groups is 2. The molecule has 0 amide bonds. The molecule has 10 nitrogen and oxygen atoms in total. The molecule has 0 aromatic carbocycles. The molecule has 0 bridgehead atoms. The Morgan fingerprint density at radius 2 is 0.982 bits per heavy atom. The van der Waals surface area contributed by atoms with Crippen molar-refractivity contribution in [3.05, 3.63) is 24.3 Å². The molecule has 0 aromatic rings. The van der Waals surface area contributed by atoms with Crippen LogP contribution in [0, 0.1) is 0 Å². The normalized spacial score (nSPS) is 20.7. The summed E-state index contributed by atoms with van der Waals surface area (Å²) < 4.78 is 22.1. The lowest BCUT2D eigenvalue weighted by atomic mass is 9.99. The fourth-order valence-corrected chi connectivity index (χ4v) is 6.69. The van der Waals surface area contributed by atoms with Crippen molar-refractivity contribution < 1.29 is 49.0 Å². The number of hydrogen-bond donors (Lipinski definition) is 4. The molecule has 0 aliphatic carbocycles. The number of allylic oxidation sites excluding steroid dienone is 4. The summed E-state index contributed by atoms with van der Waals surface area (Å²) in [6.45, 7) is 3.37. The van der Waals surface area contributed by atoms with Crippen LogP contribution in [0.2, 0.25) is 0 Å². The van der Waals surface area contributed by atoms with Gasteiger partial charge >= 0.3 is 11.9 Å². The van der Waals surface area contributed by atoms with Gasteiger partial charge in [0.05, 0.1) is 13.2 Å². The average molecular weight is 783 g/mol. The zero-order valence-electron chi connectivity index (χ0n) is 34.9. The van der Waals surface area contributed by atoms with Gasteiger partial charge in [0.25, 0.3) is 0 Å². The van der Waals surface area contributed by atoms with Gasteiger partial charge in [-0.1, -0.05) is 147 Å². The van der Waals surface area contributed by atoms with Gasteiger partial charge in [-0.15, -0.1) is 0 Å². The van der Waals surface area contributed by atoms with Gasteiger partial charge in [0.2, 0.25) is 0 Å². The van der Waals surface area contributed by atoms with E-state index in [4.69, 9.17) is 18.9 Å². The van der Waals surface area contributed by atoms with Gasteiger partial charge < -0.3 is 39.4 Å². The summed E-state index contributed by atoms with van der Waals surface area (Å²) in [5.74, 6) is -0.817. The van der Waals surface area contributed by atoms with E-state index in [2.05, 4.69) is 38.2 Å². The molecule has 1 fully saturated rings. The highest BCUT2D eigenvalue weighted by Gasteiger charge is 2.44. The van der Waals surface area contributed by atoms with Crippen LogP contribution < -0.4 is 0 Å². The SMILES string of the molecule is CCCC/C=C\CCCCCCCC(=O)OCC(COC1OC(CO)C(O)C(O)C1O)OC(=O)CCCCCCCCCCC/C=C\CCCCCCCC. The van der Waals surface area contributed by atoms with Crippen LogP contribution in [0.1, 0.15) is 194 Å². The largest absolute Gasteiger partial charge is 0.462 e. The van der Waals surface area contributed by atoms with Crippen molar-refractivity contribution in [2.24, 2.45) is 0 Å². The molecule has 0 spiro atoms. The van der Waals surface area contributed by atoms with Crippen molar-refractivity contribution in [1.82, 2.24) is 0 Å². The third-order valence-corrected chi connectivity index (χ3v) is 10.3. The number of unbranched alkanes of at least 4 members (excludes halogenated alkanes) is 22. The number of carbonyl (C=O) groups excluding carboxylic acids is 2. The van der Waals surface area contributed by atoms with Crippen LogP contribution in [-0.4, -0.2) is 89.0 Å². The number of aliphatic hydroxyl groups is 4. The maximum atomic E-state index is 12.8. The zero-order valence-corrected chi connectivity index (χ0v) is 34.9. The summed E-state index contributed by atoms with van der Waals surface area (Å²) in [6.07, 6.45) is 31.9. The molecule has 10 heteroatoms. The van der Waals surface area contributed by atoms with E-state index in [0.717, 1.165) is 57.8 Å². The minimum Gasteiger partial charge on any atom is -0.462 e. The molecule has 1 aliphatic rings. The standard InChI is InChI=1S/C45H82O10/c1-3-5-7-9-11-13-15-16-17-18-19-20-21-22-24-26-28-30-32-34-41(48)54-38(37-53-45-44(51)43(50)42(49)39(35-46)55-45)36-52-40(47)33-31-29-27-25-23-14-12-10-8-6-4-2/h10,12,16-17,38-39,42-46,49-51H,3-9,11,13-15,18-37H2,1-2H3/b12-10-,17-16-. The summed E-state index contributed by atoms with van der Waals surface area (Å²) >= 11 is 0. The van der Waals surface area contributed by atoms with Crippen LogP contribution in [0.3, 0.4) is 0 Å². The highest BCUT2D eigenvalue weighted by Crippen LogP contribution is 2.22. The van der Waals surface area contributed by atoms with Crippen molar-refractivity contribution in [2.75, 3.05) is 19.8 Å². The molecule has 0 aromatic heterocycles. The lowest BCUT2D eigenvalue weighted by molar-refractivity contribution is -0.305. The van der Waals surface area contributed by atoms with Gasteiger partial charge in [0.15, 0.2) is 12.4 Å². The fourth-order valence-electron chi connectivity index (χ4n) is 6.69. The monoisotopic (exact) mass is 783 g/mol. The summed E-state index contributed by atoms with van der Waals surface area (Å²) in [7, 11) is 0. The van der Waals surface area contributed by atoms with Gasteiger partial charge in [-0.2, -0.15) is 0 Å². The third kappa shape index (κ3) is 28.3. The summed E-state index contributed by atoms with van der Waals surface area (Å²) in [5.41, 5.74) is 0. The van der Waals surface area contributed by atoms with E-state index in [1.165, 1.54) is 96.3 Å². The highest BCUT2D eigenvalue weighted by molar-refractivity contribution is 5.70. The average Bonchev–Trinajstić information content (AvgIpc) is 3.18. The summed E-state index contributed by atoms with van der Waals surface area (Å²) in [4.78, 5) is 25.3. The van der Waals surface area contributed by atoms with E-state index in [9.17, 15) is 30.0 Å². The summed E-state index contributed by atoms with van der Waals surface area (Å²) in [5, 5.41) is 40.0. The van der Waals surface area contributed by atoms with E-state index in [1.54, 1.807) is 0 Å². The minimum absolute atomic E-state index is 0.220. The van der Waals surface area contributed by atoms with Gasteiger partial charge in [-0.25, -0.2) is 0 Å². The lowest BCUT2D eigenvalue weighted by Crippen LogP contribution is -2.59. The molecule has 1 saturated heterocycles. The van der Waals surface area contributed by atoms with Crippen LogP contribution in [-0.2, 0) is 28.5 Å². The molecular weight excluding hydrogens is 700 g/mol. The topological polar surface area (TPSA) is 152 Å². The first-order valence-electron chi connectivity index (χ1n) is 22.4. The summed E-state index contributed by atoms with van der Waals surface area (Å²) in [6, 6.07) is 0. The smallest absolute Gasteiger partial charge is 0.306 e. The second-order valence-electron chi connectivity index (χ2n) is 15.5. The lowest BCUT2D eigenvalue weighted by Gasteiger charge is -2.39. The molecule has 1 heterocycles. The molecule has 1 aliphatic heterocycles. The molecular formula is C45H82O10. The first kappa shape index (κ1) is 51.2. The second-order valence-corrected chi connectivity index (χ2v) is 15.5. The quantitative estimate of drug-likeness (QED) is 0.0273. The van der Waals surface area contributed by atoms with Crippen molar-refractivity contribution in [3.8, 4) is 0 Å². The van der Waals surface area contributed by atoms with Crippen LogP contribution in [0.15, 0.2) is 24.3 Å². The Morgan fingerprint density at radius 1 is 0.545 bits per heavy atom. The molecule has 0 radical (unpaired) electrons. The fraction of sp³-hybridized carbons (Fsp3) is 0.867. The van der Waals surface area contributed by atoms with Crippen LogP contribution in [0.4, 0.5) is 0 Å². The second kappa shape index (κ2) is 36.5. The Hall–Kier alpha value is -1.82. The van der Waals surface area contributed by atoms with Crippen LogP contribution in [0.25, 0.3) is 0 Å². The van der Waals surface area contributed by atoms with Crippen molar-refractivity contribution in [2.45, 2.75) is 230 Å². The van der Waals surface area contributed by atoms with Crippen molar-refractivity contribution in [1.29, 1.82) is 0 Å². The number of aliphatic hydroxyl groups excluding tert-OH is 4. The Kier molecular flexibility index (Phi) is 34.0. The molecule has 55 heavy (non-hydrogen) atoms. The molecule has 1 rings (SSSR count). The Labute approximate surface area is 334 Å². The first-order valence-corrected chi connectivity index (χ1v) is 22.4. The molecule has 322 valence electrons. The van der Waals surface area contributed by atoms with Gasteiger partial charge in [0, 0.05) is 12.8 Å². The Bertz CT molecular complexity index is 954. The Morgan fingerprint density at radius 3 is 1.47 bits per heavy atom. The van der Waals surface area contributed by atoms with Gasteiger partial charge in [-0.05, 0) is 57.8 Å².